The highest BCUT2D eigenvalue weighted by molar-refractivity contribution is 6.09. The van der Waals surface area contributed by atoms with Gasteiger partial charge in [-0.1, -0.05) is 103 Å². The van der Waals surface area contributed by atoms with Gasteiger partial charge in [0.05, 0.1) is 28.4 Å². The van der Waals surface area contributed by atoms with Gasteiger partial charge in [0.1, 0.15) is 5.82 Å². The van der Waals surface area contributed by atoms with Crippen LogP contribution in [-0.4, -0.2) is 19.5 Å². The number of rotatable bonds is 5. The number of para-hydroxylation sites is 2. The van der Waals surface area contributed by atoms with Gasteiger partial charge >= 0.3 is 0 Å². The molecule has 0 aliphatic heterocycles. The van der Waals surface area contributed by atoms with E-state index in [1.54, 1.807) is 18.2 Å². The summed E-state index contributed by atoms with van der Waals surface area (Å²) < 4.78 is 18.1. The lowest BCUT2D eigenvalue weighted by molar-refractivity contribution is 0.631. The van der Waals surface area contributed by atoms with Crippen molar-refractivity contribution >= 4 is 21.8 Å². The highest BCUT2D eigenvalue weighted by atomic mass is 19.1. The van der Waals surface area contributed by atoms with Crippen LogP contribution in [0.2, 0.25) is 0 Å². The summed E-state index contributed by atoms with van der Waals surface area (Å²) in [5.74, 6) is 1.09. The third-order valence-corrected chi connectivity index (χ3v) is 8.16. The SMILES string of the molecule is N#Cc1ccc(-c2cc(-c3nc(-c4ccccc4)nc(-c4ccccc4)n3)ccc2F)c(-n2c3ccccc3c3ccccc32)c1. The Morgan fingerprint density at radius 2 is 1.02 bits per heavy atom. The maximum Gasteiger partial charge on any atom is 0.164 e. The Morgan fingerprint density at radius 3 is 1.59 bits per heavy atom. The summed E-state index contributed by atoms with van der Waals surface area (Å²) in [6.45, 7) is 0. The number of hydrogen-bond donors (Lipinski definition) is 0. The van der Waals surface area contributed by atoms with Gasteiger partial charge < -0.3 is 4.57 Å². The smallest absolute Gasteiger partial charge is 0.164 e. The first-order chi connectivity index (χ1) is 22.7. The van der Waals surface area contributed by atoms with E-state index in [0.717, 1.165) is 32.9 Å². The molecule has 8 rings (SSSR count). The molecule has 5 nitrogen and oxygen atoms in total. The second kappa shape index (κ2) is 11.2. The maximum absolute atomic E-state index is 16.0. The maximum atomic E-state index is 16.0. The van der Waals surface area contributed by atoms with Crippen molar-refractivity contribution in [3.63, 3.8) is 0 Å². The van der Waals surface area contributed by atoms with E-state index in [2.05, 4.69) is 22.8 Å². The molecule has 0 saturated heterocycles. The average molecular weight is 594 g/mol. The van der Waals surface area contributed by atoms with Crippen molar-refractivity contribution in [1.29, 1.82) is 5.26 Å². The van der Waals surface area contributed by atoms with E-state index >= 15 is 4.39 Å². The number of fused-ring (bicyclic) bond motifs is 3. The fourth-order valence-electron chi connectivity index (χ4n) is 6.00. The highest BCUT2D eigenvalue weighted by Gasteiger charge is 2.20. The fraction of sp³-hybridized carbons (Fsp3) is 0. The van der Waals surface area contributed by atoms with E-state index in [1.807, 2.05) is 109 Å². The molecule has 0 atom stereocenters. The van der Waals surface area contributed by atoms with Crippen LogP contribution in [0.4, 0.5) is 4.39 Å². The second-order valence-corrected chi connectivity index (χ2v) is 10.9. The molecule has 0 aliphatic rings. The molecule has 0 bridgehead atoms. The molecule has 0 saturated carbocycles. The normalized spacial score (nSPS) is 11.1. The Bertz CT molecular complexity index is 2330. The largest absolute Gasteiger partial charge is 0.309 e. The number of nitrogens with zero attached hydrogens (tertiary/aromatic N) is 5. The zero-order chi connectivity index (χ0) is 31.0. The van der Waals surface area contributed by atoms with Gasteiger partial charge in [0.25, 0.3) is 0 Å². The molecule has 0 spiro atoms. The van der Waals surface area contributed by atoms with Crippen molar-refractivity contribution in [2.45, 2.75) is 0 Å². The quantitative estimate of drug-likeness (QED) is 0.199. The Morgan fingerprint density at radius 1 is 0.500 bits per heavy atom. The Labute approximate surface area is 264 Å². The lowest BCUT2D eigenvalue weighted by atomic mass is 9.98. The van der Waals surface area contributed by atoms with E-state index in [-0.39, 0.29) is 0 Å². The van der Waals surface area contributed by atoms with Crippen LogP contribution < -0.4 is 0 Å². The summed E-state index contributed by atoms with van der Waals surface area (Å²) in [5.41, 5.74) is 6.49. The molecule has 0 radical (unpaired) electrons. The lowest BCUT2D eigenvalue weighted by Gasteiger charge is -2.16. The van der Waals surface area contributed by atoms with Gasteiger partial charge in [0.15, 0.2) is 17.5 Å². The molecule has 0 fully saturated rings. The zero-order valence-corrected chi connectivity index (χ0v) is 24.5. The molecule has 0 unspecified atom stereocenters. The molecule has 6 heteroatoms. The molecule has 0 N–H and O–H groups in total. The molecule has 2 aromatic heterocycles. The van der Waals surface area contributed by atoms with Crippen LogP contribution in [0.1, 0.15) is 5.56 Å². The monoisotopic (exact) mass is 593 g/mol. The van der Waals surface area contributed by atoms with Gasteiger partial charge in [0, 0.05) is 38.6 Å². The van der Waals surface area contributed by atoms with Gasteiger partial charge in [-0.3, -0.25) is 0 Å². The molecule has 216 valence electrons. The van der Waals surface area contributed by atoms with Crippen molar-refractivity contribution < 1.29 is 4.39 Å². The number of benzene rings is 6. The molecule has 0 amide bonds. The minimum Gasteiger partial charge on any atom is -0.309 e. The highest BCUT2D eigenvalue weighted by Crippen LogP contribution is 2.38. The first-order valence-corrected chi connectivity index (χ1v) is 14.9. The first kappa shape index (κ1) is 27.1. The number of aromatic nitrogens is 4. The van der Waals surface area contributed by atoms with Crippen LogP contribution >= 0.6 is 0 Å². The van der Waals surface area contributed by atoms with Crippen LogP contribution in [0, 0.1) is 17.1 Å². The molecule has 2 heterocycles. The predicted molar refractivity (Wildman–Crippen MR) is 181 cm³/mol. The topological polar surface area (TPSA) is 67.4 Å². The van der Waals surface area contributed by atoms with Crippen molar-refractivity contribution in [1.82, 2.24) is 19.5 Å². The van der Waals surface area contributed by atoms with Crippen molar-refractivity contribution in [2.24, 2.45) is 0 Å². The molecule has 0 aliphatic carbocycles. The van der Waals surface area contributed by atoms with E-state index in [0.29, 0.717) is 45.4 Å². The van der Waals surface area contributed by atoms with E-state index in [9.17, 15) is 5.26 Å². The lowest BCUT2D eigenvalue weighted by Crippen LogP contribution is -2.02. The minimum absolute atomic E-state index is 0.377. The van der Waals surface area contributed by atoms with Gasteiger partial charge in [0.2, 0.25) is 0 Å². The summed E-state index contributed by atoms with van der Waals surface area (Å²) in [6, 6.07) is 48.3. The summed E-state index contributed by atoms with van der Waals surface area (Å²) in [7, 11) is 0. The third kappa shape index (κ3) is 4.68. The van der Waals surface area contributed by atoms with Crippen LogP contribution in [0.5, 0.6) is 0 Å². The van der Waals surface area contributed by atoms with Gasteiger partial charge in [-0.25, -0.2) is 19.3 Å². The summed E-state index contributed by atoms with van der Waals surface area (Å²) in [4.78, 5) is 14.5. The fourth-order valence-corrected chi connectivity index (χ4v) is 6.00. The van der Waals surface area contributed by atoms with Gasteiger partial charge in [-0.05, 0) is 42.5 Å². The van der Waals surface area contributed by atoms with Crippen LogP contribution in [-0.2, 0) is 0 Å². The number of nitriles is 1. The molecular weight excluding hydrogens is 569 g/mol. The summed E-state index contributed by atoms with van der Waals surface area (Å²) in [6.07, 6.45) is 0. The average Bonchev–Trinajstić information content (AvgIpc) is 3.46. The van der Waals surface area contributed by atoms with Gasteiger partial charge in [-0.2, -0.15) is 5.26 Å². The van der Waals surface area contributed by atoms with Crippen LogP contribution in [0.15, 0.2) is 146 Å². The van der Waals surface area contributed by atoms with Crippen molar-refractivity contribution in [3.05, 3.63) is 157 Å². The Kier molecular flexibility index (Phi) is 6.63. The molecular formula is C40H24FN5. The van der Waals surface area contributed by atoms with Crippen LogP contribution in [0.25, 0.3) is 72.8 Å². The van der Waals surface area contributed by atoms with Crippen molar-refractivity contribution in [3.8, 4) is 57.0 Å². The standard InChI is InChI=1S/C40H24FN5/c41-34-22-20-29(40-44-38(27-11-3-1-4-12-27)43-39(45-40)28-13-5-2-6-14-28)24-33(34)32-21-19-26(25-42)23-37(32)46-35-17-9-7-15-30(35)31-16-8-10-18-36(31)46/h1-24H. The summed E-state index contributed by atoms with van der Waals surface area (Å²) in [5, 5.41) is 12.0. The van der Waals surface area contributed by atoms with Crippen molar-refractivity contribution in [2.75, 3.05) is 0 Å². The number of halogens is 1. The predicted octanol–water partition coefficient (Wildman–Crippen LogP) is 9.65. The third-order valence-electron chi connectivity index (χ3n) is 8.16. The summed E-state index contributed by atoms with van der Waals surface area (Å²) >= 11 is 0. The minimum atomic E-state index is -0.393. The second-order valence-electron chi connectivity index (χ2n) is 10.9. The Balaban J connectivity index is 1.36. The van der Waals surface area contributed by atoms with Gasteiger partial charge in [-0.15, -0.1) is 0 Å². The van der Waals surface area contributed by atoms with E-state index in [1.165, 1.54) is 6.07 Å². The first-order valence-electron chi connectivity index (χ1n) is 14.9. The van der Waals surface area contributed by atoms with E-state index < -0.39 is 5.82 Å². The Hall–Kier alpha value is -6.45. The molecule has 8 aromatic rings. The van der Waals surface area contributed by atoms with Crippen LogP contribution in [0.3, 0.4) is 0 Å². The number of hydrogen-bond acceptors (Lipinski definition) is 4. The molecule has 46 heavy (non-hydrogen) atoms. The molecule has 6 aromatic carbocycles. The van der Waals surface area contributed by atoms with E-state index in [4.69, 9.17) is 15.0 Å². The zero-order valence-electron chi connectivity index (χ0n) is 24.5.